The summed E-state index contributed by atoms with van der Waals surface area (Å²) in [5.74, 6) is -0.187. The lowest BCUT2D eigenvalue weighted by molar-refractivity contribution is -0.302. The van der Waals surface area contributed by atoms with E-state index in [1.165, 1.54) is 161 Å². The molecule has 7 unspecified atom stereocenters. The second-order valence-electron chi connectivity index (χ2n) is 16.9. The maximum atomic E-state index is 12.9. The van der Waals surface area contributed by atoms with Gasteiger partial charge in [0.05, 0.1) is 25.4 Å². The maximum absolute atomic E-state index is 12.9. The SMILES string of the molecule is CCCCCCCCCCCCCCCCCCC/C=C/CC/C=C/C(O)C(COC1OC(CO)C(O)C(O)C1O)NC(=O)CCCCCCCCCCCCC. The fraction of sp³-hybridized carbons (Fsp3) is 0.896. The molecule has 0 aromatic rings. The van der Waals surface area contributed by atoms with Gasteiger partial charge < -0.3 is 40.3 Å². The predicted octanol–water partition coefficient (Wildman–Crippen LogP) is 10.3. The molecule has 1 aliphatic rings. The van der Waals surface area contributed by atoms with Crippen molar-refractivity contribution < 1.29 is 39.8 Å². The van der Waals surface area contributed by atoms with Crippen molar-refractivity contribution in [1.29, 1.82) is 0 Å². The summed E-state index contributed by atoms with van der Waals surface area (Å²) in [7, 11) is 0. The lowest BCUT2D eigenvalue weighted by atomic mass is 9.99. The summed E-state index contributed by atoms with van der Waals surface area (Å²) in [5.41, 5.74) is 0. The summed E-state index contributed by atoms with van der Waals surface area (Å²) >= 11 is 0. The zero-order valence-corrected chi connectivity index (χ0v) is 36.9. The van der Waals surface area contributed by atoms with Gasteiger partial charge in [0.15, 0.2) is 6.29 Å². The van der Waals surface area contributed by atoms with Crippen LogP contribution in [0.5, 0.6) is 0 Å². The molecule has 1 aliphatic heterocycles. The van der Waals surface area contributed by atoms with Crippen LogP contribution in [-0.4, -0.2) is 87.5 Å². The number of hydrogen-bond acceptors (Lipinski definition) is 8. The molecular weight excluding hydrogens is 719 g/mol. The molecule has 1 heterocycles. The highest BCUT2D eigenvalue weighted by molar-refractivity contribution is 5.76. The molecule has 0 bridgehead atoms. The number of aliphatic hydroxyl groups is 5. The molecule has 0 spiro atoms. The molecule has 1 rings (SSSR count). The van der Waals surface area contributed by atoms with E-state index in [2.05, 4.69) is 31.3 Å². The number of rotatable bonds is 40. The Labute approximate surface area is 349 Å². The number of unbranched alkanes of at least 4 members (excludes halogenated alkanes) is 28. The molecular formula is C48H91NO8. The summed E-state index contributed by atoms with van der Waals surface area (Å²) in [4.78, 5) is 12.9. The third-order valence-electron chi connectivity index (χ3n) is 11.5. The molecule has 1 amide bonds. The molecule has 7 atom stereocenters. The maximum Gasteiger partial charge on any atom is 0.220 e. The van der Waals surface area contributed by atoms with Gasteiger partial charge in [-0.2, -0.15) is 0 Å². The monoisotopic (exact) mass is 810 g/mol. The zero-order valence-electron chi connectivity index (χ0n) is 36.9. The number of carbonyl (C=O) groups excluding carboxylic acids is 1. The third kappa shape index (κ3) is 29.5. The first-order valence-corrected chi connectivity index (χ1v) is 24.1. The van der Waals surface area contributed by atoms with E-state index in [9.17, 15) is 30.3 Å². The summed E-state index contributed by atoms with van der Waals surface area (Å²) < 4.78 is 11.2. The van der Waals surface area contributed by atoms with E-state index in [4.69, 9.17) is 9.47 Å². The van der Waals surface area contributed by atoms with E-state index in [0.29, 0.717) is 6.42 Å². The number of carbonyl (C=O) groups is 1. The van der Waals surface area contributed by atoms with Gasteiger partial charge >= 0.3 is 0 Å². The van der Waals surface area contributed by atoms with Crippen LogP contribution in [0, 0.1) is 0 Å². The quantitative estimate of drug-likeness (QED) is 0.0265. The Kier molecular flexibility index (Phi) is 36.6. The van der Waals surface area contributed by atoms with Crippen LogP contribution in [-0.2, 0) is 14.3 Å². The van der Waals surface area contributed by atoms with Crippen LogP contribution in [0.4, 0.5) is 0 Å². The fourth-order valence-electron chi connectivity index (χ4n) is 7.64. The second-order valence-corrected chi connectivity index (χ2v) is 16.9. The number of hydrogen-bond donors (Lipinski definition) is 6. The molecule has 0 aromatic carbocycles. The van der Waals surface area contributed by atoms with E-state index in [0.717, 1.165) is 38.5 Å². The first-order chi connectivity index (χ1) is 27.8. The molecule has 57 heavy (non-hydrogen) atoms. The van der Waals surface area contributed by atoms with Crippen molar-refractivity contribution >= 4 is 5.91 Å². The molecule has 6 N–H and O–H groups in total. The minimum absolute atomic E-state index is 0.187. The molecule has 0 radical (unpaired) electrons. The predicted molar refractivity (Wildman–Crippen MR) is 235 cm³/mol. The van der Waals surface area contributed by atoms with Crippen LogP contribution < -0.4 is 5.32 Å². The molecule has 9 nitrogen and oxygen atoms in total. The van der Waals surface area contributed by atoms with Gasteiger partial charge in [-0.15, -0.1) is 0 Å². The van der Waals surface area contributed by atoms with E-state index in [-0.39, 0.29) is 12.5 Å². The van der Waals surface area contributed by atoms with E-state index in [1.54, 1.807) is 6.08 Å². The molecule has 0 aliphatic carbocycles. The van der Waals surface area contributed by atoms with E-state index < -0.39 is 49.5 Å². The first kappa shape index (κ1) is 53.7. The number of amides is 1. The normalized spacial score (nSPS) is 21.1. The Bertz CT molecular complexity index is 945. The van der Waals surface area contributed by atoms with E-state index in [1.807, 2.05) is 6.08 Å². The summed E-state index contributed by atoms with van der Waals surface area (Å²) in [5, 5.41) is 54.1. The van der Waals surface area contributed by atoms with Crippen LogP contribution in [0.2, 0.25) is 0 Å². The Balaban J connectivity index is 2.31. The third-order valence-corrected chi connectivity index (χ3v) is 11.5. The summed E-state index contributed by atoms with van der Waals surface area (Å²) in [6, 6.07) is -0.816. The zero-order chi connectivity index (χ0) is 41.6. The fourth-order valence-corrected chi connectivity index (χ4v) is 7.64. The minimum atomic E-state index is -1.57. The van der Waals surface area contributed by atoms with Crippen LogP contribution >= 0.6 is 0 Å². The second kappa shape index (κ2) is 38.8. The van der Waals surface area contributed by atoms with Gasteiger partial charge in [0, 0.05) is 6.42 Å². The van der Waals surface area contributed by atoms with Crippen LogP contribution in [0.25, 0.3) is 0 Å². The van der Waals surface area contributed by atoms with Gasteiger partial charge in [0.2, 0.25) is 5.91 Å². The topological polar surface area (TPSA) is 149 Å². The van der Waals surface area contributed by atoms with Gasteiger partial charge in [0.25, 0.3) is 0 Å². The Morgan fingerprint density at radius 2 is 1.00 bits per heavy atom. The number of aliphatic hydroxyl groups excluding tert-OH is 5. The molecule has 0 aromatic heterocycles. The first-order valence-electron chi connectivity index (χ1n) is 24.1. The molecule has 1 fully saturated rings. The number of ether oxygens (including phenoxy) is 2. The standard InChI is InChI=1S/C48H91NO8/c1-3-5-7-9-11-13-15-16-17-18-19-20-21-22-23-24-25-26-28-29-31-33-35-37-42(51)41(40-56-48-47(55)46(54)45(53)43(39-50)57-48)49-44(52)38-36-34-32-30-27-14-12-10-8-6-4-2/h28-29,35,37,41-43,45-48,50-51,53-55H,3-27,30-34,36,38-40H2,1-2H3,(H,49,52)/b29-28+,37-35+. The van der Waals surface area contributed by atoms with Crippen LogP contribution in [0.3, 0.4) is 0 Å². The molecule has 9 heteroatoms. The Morgan fingerprint density at radius 1 is 0.579 bits per heavy atom. The van der Waals surface area contributed by atoms with Gasteiger partial charge in [-0.3, -0.25) is 4.79 Å². The highest BCUT2D eigenvalue weighted by Gasteiger charge is 2.44. The van der Waals surface area contributed by atoms with Crippen molar-refractivity contribution in [2.45, 2.75) is 262 Å². The van der Waals surface area contributed by atoms with Crippen molar-refractivity contribution in [3.05, 3.63) is 24.3 Å². The number of allylic oxidation sites excluding steroid dienone is 3. The smallest absolute Gasteiger partial charge is 0.220 e. The van der Waals surface area contributed by atoms with Crippen LogP contribution in [0.15, 0.2) is 24.3 Å². The van der Waals surface area contributed by atoms with Gasteiger partial charge in [0.1, 0.15) is 24.4 Å². The number of nitrogens with one attached hydrogen (secondary N) is 1. The summed E-state index contributed by atoms with van der Waals surface area (Å²) in [6.45, 7) is 3.75. The van der Waals surface area contributed by atoms with Crippen molar-refractivity contribution in [1.82, 2.24) is 5.32 Å². The molecule has 336 valence electrons. The molecule has 1 saturated heterocycles. The van der Waals surface area contributed by atoms with E-state index >= 15 is 0 Å². The summed E-state index contributed by atoms with van der Waals surface area (Å²) in [6.07, 6.45) is 39.5. The average molecular weight is 810 g/mol. The lowest BCUT2D eigenvalue weighted by Gasteiger charge is -2.40. The Hall–Kier alpha value is -1.33. The minimum Gasteiger partial charge on any atom is -0.394 e. The Morgan fingerprint density at radius 3 is 1.47 bits per heavy atom. The largest absolute Gasteiger partial charge is 0.394 e. The van der Waals surface area contributed by atoms with Crippen molar-refractivity contribution in [3.8, 4) is 0 Å². The lowest BCUT2D eigenvalue weighted by Crippen LogP contribution is -2.60. The van der Waals surface area contributed by atoms with Crippen molar-refractivity contribution in [2.24, 2.45) is 0 Å². The average Bonchev–Trinajstić information content (AvgIpc) is 3.21. The van der Waals surface area contributed by atoms with Crippen molar-refractivity contribution in [3.63, 3.8) is 0 Å². The highest BCUT2D eigenvalue weighted by atomic mass is 16.7. The van der Waals surface area contributed by atoms with Gasteiger partial charge in [-0.05, 0) is 32.1 Å². The highest BCUT2D eigenvalue weighted by Crippen LogP contribution is 2.23. The van der Waals surface area contributed by atoms with Gasteiger partial charge in [-0.25, -0.2) is 0 Å². The van der Waals surface area contributed by atoms with Gasteiger partial charge in [-0.1, -0.05) is 205 Å². The van der Waals surface area contributed by atoms with Crippen LogP contribution in [0.1, 0.15) is 219 Å². The molecule has 0 saturated carbocycles. The van der Waals surface area contributed by atoms with Crippen molar-refractivity contribution in [2.75, 3.05) is 13.2 Å².